The van der Waals surface area contributed by atoms with Crippen LogP contribution in [0.5, 0.6) is 5.75 Å². The lowest BCUT2D eigenvalue weighted by Crippen LogP contribution is -2.25. The first-order chi connectivity index (χ1) is 9.97. The Kier molecular flexibility index (Phi) is 4.26. The fraction of sp³-hybridized carbons (Fsp3) is 0.182. The highest BCUT2D eigenvalue weighted by molar-refractivity contribution is 5.90. The van der Waals surface area contributed by atoms with Crippen LogP contribution in [0.25, 0.3) is 0 Å². The van der Waals surface area contributed by atoms with E-state index in [1.54, 1.807) is 0 Å². The number of carbonyl (C=O) groups excluding carboxylic acids is 1. The molecule has 0 bridgehead atoms. The highest BCUT2D eigenvalue weighted by Gasteiger charge is 2.16. The molecule has 0 fully saturated rings. The van der Waals surface area contributed by atoms with Gasteiger partial charge in [0, 0.05) is 12.1 Å². The van der Waals surface area contributed by atoms with E-state index in [2.05, 4.69) is 20.1 Å². The van der Waals surface area contributed by atoms with Gasteiger partial charge >= 0.3 is 12.3 Å². The maximum Gasteiger partial charge on any atom is 0.387 e. The van der Waals surface area contributed by atoms with E-state index in [0.717, 1.165) is 12.1 Å². The minimum atomic E-state index is -3.12. The third-order valence-electron chi connectivity index (χ3n) is 2.43. The Bertz CT molecular complexity index is 698. The molecule has 1 amide bonds. The summed E-state index contributed by atoms with van der Waals surface area (Å²) in [6, 6.07) is 3.38. The number of nitrogens with one attached hydrogen (secondary N) is 3. The zero-order valence-electron chi connectivity index (χ0n) is 10.3. The SMILES string of the molecule is O=C(NCc1c(F)cccc1OC(F)F)c1n[nH]c(=O)[nH]1. The molecule has 0 saturated heterocycles. The Morgan fingerprint density at radius 3 is 2.81 bits per heavy atom. The summed E-state index contributed by atoms with van der Waals surface area (Å²) in [5.41, 5.74) is -0.934. The van der Waals surface area contributed by atoms with Crippen molar-refractivity contribution < 1.29 is 22.7 Å². The molecule has 0 aliphatic heterocycles. The summed E-state index contributed by atoms with van der Waals surface area (Å²) in [6.45, 7) is -3.54. The van der Waals surface area contributed by atoms with Gasteiger partial charge in [0.25, 0.3) is 5.91 Å². The van der Waals surface area contributed by atoms with Gasteiger partial charge in [-0.1, -0.05) is 6.07 Å². The fourth-order valence-electron chi connectivity index (χ4n) is 1.55. The molecule has 0 aliphatic carbocycles. The number of nitrogens with zero attached hydrogens (tertiary/aromatic N) is 1. The number of H-pyrrole nitrogens is 2. The summed E-state index contributed by atoms with van der Waals surface area (Å²) in [6.07, 6.45) is 0. The molecule has 0 spiro atoms. The molecule has 0 saturated carbocycles. The standard InChI is InChI=1S/C11H9F3N4O3/c12-6-2-1-3-7(21-10(13)14)5(6)4-15-9(19)8-16-11(20)18-17-8/h1-3,10H,4H2,(H,15,19)(H2,16,17,18,20). The molecule has 7 nitrogen and oxygen atoms in total. The van der Waals surface area contributed by atoms with Gasteiger partial charge in [-0.3, -0.25) is 9.78 Å². The third-order valence-corrected chi connectivity index (χ3v) is 2.43. The number of benzene rings is 1. The van der Waals surface area contributed by atoms with E-state index in [9.17, 15) is 22.8 Å². The van der Waals surface area contributed by atoms with Gasteiger partial charge < -0.3 is 10.1 Å². The molecule has 0 radical (unpaired) electrons. The molecule has 1 aromatic carbocycles. The molecule has 10 heteroatoms. The molecule has 112 valence electrons. The first-order valence-electron chi connectivity index (χ1n) is 5.62. The number of hydrogen-bond acceptors (Lipinski definition) is 4. The van der Waals surface area contributed by atoms with E-state index in [-0.39, 0.29) is 17.1 Å². The Morgan fingerprint density at radius 1 is 1.43 bits per heavy atom. The van der Waals surface area contributed by atoms with Crippen LogP contribution in [0, 0.1) is 5.82 Å². The number of ether oxygens (including phenoxy) is 1. The first-order valence-corrected chi connectivity index (χ1v) is 5.62. The van der Waals surface area contributed by atoms with Gasteiger partial charge in [-0.2, -0.15) is 8.78 Å². The average Bonchev–Trinajstić information content (AvgIpc) is 2.84. The van der Waals surface area contributed by atoms with Gasteiger partial charge in [0.05, 0.1) is 0 Å². The minimum absolute atomic E-state index is 0.246. The van der Waals surface area contributed by atoms with Crippen LogP contribution in [0.1, 0.15) is 16.2 Å². The van der Waals surface area contributed by atoms with E-state index in [1.807, 2.05) is 5.10 Å². The van der Waals surface area contributed by atoms with Crippen LogP contribution in [0.15, 0.2) is 23.0 Å². The molecular formula is C11H9F3N4O3. The highest BCUT2D eigenvalue weighted by atomic mass is 19.3. The predicted octanol–water partition coefficient (Wildman–Crippen LogP) is 0.768. The quantitative estimate of drug-likeness (QED) is 0.759. The van der Waals surface area contributed by atoms with Crippen LogP contribution in [0.2, 0.25) is 0 Å². The molecule has 0 unspecified atom stereocenters. The number of aromatic amines is 2. The van der Waals surface area contributed by atoms with Crippen molar-refractivity contribution in [3.05, 3.63) is 45.9 Å². The van der Waals surface area contributed by atoms with Gasteiger partial charge in [-0.25, -0.2) is 14.3 Å². The van der Waals surface area contributed by atoms with E-state index >= 15 is 0 Å². The van der Waals surface area contributed by atoms with Gasteiger partial charge in [0.15, 0.2) is 0 Å². The molecule has 2 rings (SSSR count). The van der Waals surface area contributed by atoms with Crippen molar-refractivity contribution >= 4 is 5.91 Å². The van der Waals surface area contributed by atoms with Gasteiger partial charge in [-0.15, -0.1) is 5.10 Å². The highest BCUT2D eigenvalue weighted by Crippen LogP contribution is 2.23. The molecule has 1 heterocycles. The minimum Gasteiger partial charge on any atom is -0.434 e. The normalized spacial score (nSPS) is 10.7. The fourth-order valence-corrected chi connectivity index (χ4v) is 1.55. The summed E-state index contributed by atoms with van der Waals surface area (Å²) in [5, 5.41) is 7.57. The zero-order chi connectivity index (χ0) is 15.4. The second kappa shape index (κ2) is 6.11. The maximum atomic E-state index is 13.6. The van der Waals surface area contributed by atoms with Crippen LogP contribution < -0.4 is 15.7 Å². The lowest BCUT2D eigenvalue weighted by atomic mass is 10.2. The van der Waals surface area contributed by atoms with Crippen LogP contribution in [0.4, 0.5) is 13.2 Å². The van der Waals surface area contributed by atoms with Crippen LogP contribution in [0.3, 0.4) is 0 Å². The third kappa shape index (κ3) is 3.61. The van der Waals surface area contributed by atoms with Crippen LogP contribution >= 0.6 is 0 Å². The first kappa shape index (κ1) is 14.6. The number of carbonyl (C=O) groups is 1. The molecule has 2 aromatic rings. The largest absolute Gasteiger partial charge is 0.434 e. The van der Waals surface area contributed by atoms with Crippen molar-refractivity contribution in [1.82, 2.24) is 20.5 Å². The molecule has 0 atom stereocenters. The summed E-state index contributed by atoms with van der Waals surface area (Å²) < 4.78 is 42.2. The van der Waals surface area contributed by atoms with Crippen molar-refractivity contribution in [2.75, 3.05) is 0 Å². The van der Waals surface area contributed by atoms with Crippen molar-refractivity contribution in [2.24, 2.45) is 0 Å². The van der Waals surface area contributed by atoms with Crippen LogP contribution in [-0.4, -0.2) is 27.7 Å². The number of rotatable bonds is 5. The Hall–Kier alpha value is -2.78. The van der Waals surface area contributed by atoms with E-state index in [4.69, 9.17) is 0 Å². The molecule has 3 N–H and O–H groups in total. The second-order valence-corrected chi connectivity index (χ2v) is 3.80. The summed E-state index contributed by atoms with van der Waals surface area (Å²) >= 11 is 0. The van der Waals surface area contributed by atoms with Gasteiger partial charge in [0.1, 0.15) is 11.6 Å². The molecule has 21 heavy (non-hydrogen) atoms. The topological polar surface area (TPSA) is 99.9 Å². The van der Waals surface area contributed by atoms with Crippen molar-refractivity contribution in [3.63, 3.8) is 0 Å². The Labute approximate surface area is 115 Å². The second-order valence-electron chi connectivity index (χ2n) is 3.80. The summed E-state index contributed by atoms with van der Waals surface area (Å²) in [4.78, 5) is 24.5. The van der Waals surface area contributed by atoms with E-state index in [1.165, 1.54) is 6.07 Å². The molecule has 1 aromatic heterocycles. The number of halogens is 3. The van der Waals surface area contributed by atoms with E-state index < -0.39 is 30.6 Å². The Morgan fingerprint density at radius 2 is 2.19 bits per heavy atom. The maximum absolute atomic E-state index is 13.6. The molecule has 0 aliphatic rings. The van der Waals surface area contributed by atoms with Crippen LogP contribution in [-0.2, 0) is 6.54 Å². The van der Waals surface area contributed by atoms with E-state index in [0.29, 0.717) is 0 Å². The average molecular weight is 302 g/mol. The lowest BCUT2D eigenvalue weighted by molar-refractivity contribution is -0.0506. The van der Waals surface area contributed by atoms with Crippen molar-refractivity contribution in [3.8, 4) is 5.75 Å². The van der Waals surface area contributed by atoms with Crippen molar-refractivity contribution in [1.29, 1.82) is 0 Å². The lowest BCUT2D eigenvalue weighted by Gasteiger charge is -2.11. The predicted molar refractivity (Wildman–Crippen MR) is 63.4 cm³/mol. The monoisotopic (exact) mass is 302 g/mol. The number of alkyl halides is 2. The van der Waals surface area contributed by atoms with Gasteiger partial charge in [-0.05, 0) is 12.1 Å². The molecular weight excluding hydrogens is 293 g/mol. The summed E-state index contributed by atoms with van der Waals surface area (Å²) in [7, 11) is 0. The zero-order valence-corrected chi connectivity index (χ0v) is 10.3. The van der Waals surface area contributed by atoms with Gasteiger partial charge in [0.2, 0.25) is 5.82 Å². The Balaban J connectivity index is 2.12. The number of aromatic nitrogens is 3. The number of amides is 1. The van der Waals surface area contributed by atoms with Crippen molar-refractivity contribution in [2.45, 2.75) is 13.2 Å². The smallest absolute Gasteiger partial charge is 0.387 e. The summed E-state index contributed by atoms with van der Waals surface area (Å²) in [5.74, 6) is -2.32. The number of hydrogen-bond donors (Lipinski definition) is 3.